The molecular weight excluding hydrogens is 314 g/mol. The minimum Gasteiger partial charge on any atom is -0.349 e. The average Bonchev–Trinajstić information content (AvgIpc) is 3.34. The molecule has 5 rings (SSSR count). The normalized spacial score (nSPS) is 33.3. The number of pyridine rings is 1. The zero-order valence-corrected chi connectivity index (χ0v) is 14.9. The number of rotatable bonds is 3. The van der Waals surface area contributed by atoms with E-state index in [1.54, 1.807) is 6.20 Å². The van der Waals surface area contributed by atoms with Crippen LogP contribution in [-0.2, 0) is 0 Å². The number of carbonyl (C=O) groups excluding carboxylic acids is 1. The Labute approximate surface area is 147 Å². The van der Waals surface area contributed by atoms with Gasteiger partial charge in [0.05, 0.1) is 16.6 Å². The standard InChI is InChI=1S/C20H25N3O2/c1-10(2)18-16-7-12(9-21-20(16)25-23-18)19(24)22-17-8-11-6-15(17)14-5-3-4-13(11)14/h7,9-11,13-15,17H,3-6,8H2,1-2H3,(H,22,24)/t11-,13+,14+,15+,17-/m1/s1. The Balaban J connectivity index is 1.36. The van der Waals surface area contributed by atoms with Gasteiger partial charge in [-0.25, -0.2) is 4.98 Å². The fraction of sp³-hybridized carbons (Fsp3) is 0.650. The molecule has 3 fully saturated rings. The highest BCUT2D eigenvalue weighted by Gasteiger charge is 2.54. The number of aromatic nitrogens is 2. The van der Waals surface area contributed by atoms with Crippen molar-refractivity contribution in [1.82, 2.24) is 15.5 Å². The highest BCUT2D eigenvalue weighted by Crippen LogP contribution is 2.58. The summed E-state index contributed by atoms with van der Waals surface area (Å²) < 4.78 is 5.27. The minimum absolute atomic E-state index is 0.00240. The summed E-state index contributed by atoms with van der Waals surface area (Å²) in [5, 5.41) is 8.26. The van der Waals surface area contributed by atoms with E-state index in [1.807, 2.05) is 6.07 Å². The summed E-state index contributed by atoms with van der Waals surface area (Å²) in [7, 11) is 0. The Kier molecular flexibility index (Phi) is 3.41. The molecule has 5 heteroatoms. The first-order valence-electron chi connectivity index (χ1n) is 9.68. The number of hydrogen-bond acceptors (Lipinski definition) is 4. The van der Waals surface area contributed by atoms with Crippen LogP contribution in [0, 0.1) is 23.7 Å². The van der Waals surface area contributed by atoms with E-state index in [1.165, 1.54) is 25.7 Å². The maximum Gasteiger partial charge on any atom is 0.257 e. The molecule has 1 N–H and O–H groups in total. The van der Waals surface area contributed by atoms with Gasteiger partial charge in [-0.05, 0) is 61.3 Å². The molecule has 5 nitrogen and oxygen atoms in total. The second-order valence-electron chi connectivity index (χ2n) is 8.53. The van der Waals surface area contributed by atoms with Crippen LogP contribution < -0.4 is 5.32 Å². The van der Waals surface area contributed by atoms with Gasteiger partial charge in [-0.3, -0.25) is 4.79 Å². The maximum atomic E-state index is 12.8. The third-order valence-corrected chi connectivity index (χ3v) is 6.91. The summed E-state index contributed by atoms with van der Waals surface area (Å²) in [6.07, 6.45) is 8.26. The molecule has 0 unspecified atom stereocenters. The molecule has 2 heterocycles. The first-order valence-corrected chi connectivity index (χ1v) is 9.68. The molecular formula is C20H25N3O2. The summed E-state index contributed by atoms with van der Waals surface area (Å²) in [6.45, 7) is 4.13. The molecule has 0 spiro atoms. The molecule has 5 atom stereocenters. The van der Waals surface area contributed by atoms with Gasteiger partial charge in [0.15, 0.2) is 0 Å². The average molecular weight is 339 g/mol. The van der Waals surface area contributed by atoms with E-state index in [0.29, 0.717) is 23.2 Å². The monoisotopic (exact) mass is 339 g/mol. The molecule has 2 aromatic heterocycles. The van der Waals surface area contributed by atoms with Crippen molar-refractivity contribution in [3.05, 3.63) is 23.5 Å². The number of hydrogen-bond donors (Lipinski definition) is 1. The quantitative estimate of drug-likeness (QED) is 0.921. The number of fused-ring (bicyclic) bond motifs is 6. The minimum atomic E-state index is -0.00240. The largest absolute Gasteiger partial charge is 0.349 e. The van der Waals surface area contributed by atoms with Gasteiger partial charge in [-0.2, -0.15) is 0 Å². The lowest BCUT2D eigenvalue weighted by atomic mass is 9.79. The van der Waals surface area contributed by atoms with E-state index in [4.69, 9.17) is 4.52 Å². The van der Waals surface area contributed by atoms with Crippen molar-refractivity contribution in [2.24, 2.45) is 23.7 Å². The van der Waals surface area contributed by atoms with Gasteiger partial charge in [0.2, 0.25) is 0 Å². The summed E-state index contributed by atoms with van der Waals surface area (Å²) in [6, 6.07) is 2.23. The van der Waals surface area contributed by atoms with Crippen molar-refractivity contribution in [2.75, 3.05) is 0 Å². The molecule has 0 aromatic carbocycles. The van der Waals surface area contributed by atoms with Crippen molar-refractivity contribution in [3.63, 3.8) is 0 Å². The summed E-state index contributed by atoms with van der Waals surface area (Å²) in [5.74, 6) is 3.58. The Morgan fingerprint density at radius 2 is 2.08 bits per heavy atom. The highest BCUT2D eigenvalue weighted by atomic mass is 16.5. The van der Waals surface area contributed by atoms with E-state index < -0.39 is 0 Å². The van der Waals surface area contributed by atoms with E-state index in [9.17, 15) is 4.79 Å². The molecule has 3 aliphatic rings. The number of amides is 1. The second kappa shape index (κ2) is 5.55. The van der Waals surface area contributed by atoms with E-state index in [0.717, 1.165) is 35.3 Å². The molecule has 2 aromatic rings. The summed E-state index contributed by atoms with van der Waals surface area (Å²) in [5.41, 5.74) is 1.99. The van der Waals surface area contributed by atoms with Crippen LogP contribution in [0.2, 0.25) is 0 Å². The molecule has 0 aliphatic heterocycles. The molecule has 132 valence electrons. The van der Waals surface area contributed by atoms with E-state index in [2.05, 4.69) is 29.3 Å². The van der Waals surface area contributed by atoms with Crippen LogP contribution in [0.3, 0.4) is 0 Å². The topological polar surface area (TPSA) is 68.0 Å². The van der Waals surface area contributed by atoms with Crippen molar-refractivity contribution in [3.8, 4) is 0 Å². The Morgan fingerprint density at radius 3 is 2.92 bits per heavy atom. The van der Waals surface area contributed by atoms with Crippen LogP contribution in [0.15, 0.2) is 16.8 Å². The van der Waals surface area contributed by atoms with Crippen molar-refractivity contribution >= 4 is 17.0 Å². The zero-order chi connectivity index (χ0) is 17.1. The summed E-state index contributed by atoms with van der Waals surface area (Å²) >= 11 is 0. The van der Waals surface area contributed by atoms with Crippen molar-refractivity contribution in [2.45, 2.75) is 57.9 Å². The van der Waals surface area contributed by atoms with Gasteiger partial charge in [0.25, 0.3) is 11.6 Å². The van der Waals surface area contributed by atoms with Gasteiger partial charge in [-0.1, -0.05) is 25.4 Å². The Hall–Kier alpha value is -1.91. The lowest BCUT2D eigenvalue weighted by molar-refractivity contribution is 0.0901. The lowest BCUT2D eigenvalue weighted by Crippen LogP contribution is -2.42. The number of carbonyl (C=O) groups is 1. The fourth-order valence-electron chi connectivity index (χ4n) is 5.88. The van der Waals surface area contributed by atoms with E-state index >= 15 is 0 Å². The molecule has 0 radical (unpaired) electrons. The lowest BCUT2D eigenvalue weighted by Gasteiger charge is -2.32. The van der Waals surface area contributed by atoms with Crippen LogP contribution in [0.4, 0.5) is 0 Å². The first-order chi connectivity index (χ1) is 12.1. The summed E-state index contributed by atoms with van der Waals surface area (Å²) in [4.78, 5) is 17.1. The fourth-order valence-corrected chi connectivity index (χ4v) is 5.88. The van der Waals surface area contributed by atoms with Crippen LogP contribution in [0.25, 0.3) is 11.1 Å². The Morgan fingerprint density at radius 1 is 1.24 bits per heavy atom. The highest BCUT2D eigenvalue weighted by molar-refractivity contribution is 5.97. The van der Waals surface area contributed by atoms with Crippen LogP contribution in [0.5, 0.6) is 0 Å². The van der Waals surface area contributed by atoms with Gasteiger partial charge >= 0.3 is 0 Å². The predicted octanol–water partition coefficient (Wildman–Crippen LogP) is 3.90. The van der Waals surface area contributed by atoms with Gasteiger partial charge in [0.1, 0.15) is 0 Å². The number of nitrogens with one attached hydrogen (secondary N) is 1. The first kappa shape index (κ1) is 15.4. The van der Waals surface area contributed by atoms with E-state index in [-0.39, 0.29) is 11.8 Å². The number of nitrogens with zero attached hydrogens (tertiary/aromatic N) is 2. The third-order valence-electron chi connectivity index (χ3n) is 6.91. The van der Waals surface area contributed by atoms with Crippen molar-refractivity contribution < 1.29 is 9.32 Å². The molecule has 25 heavy (non-hydrogen) atoms. The van der Waals surface area contributed by atoms with Crippen LogP contribution in [0.1, 0.15) is 67.9 Å². The predicted molar refractivity (Wildman–Crippen MR) is 94.2 cm³/mol. The molecule has 2 bridgehead atoms. The Bertz CT molecular complexity index is 827. The van der Waals surface area contributed by atoms with Crippen LogP contribution in [-0.4, -0.2) is 22.1 Å². The van der Waals surface area contributed by atoms with Gasteiger partial charge < -0.3 is 9.84 Å². The van der Waals surface area contributed by atoms with Gasteiger partial charge in [0, 0.05) is 12.2 Å². The SMILES string of the molecule is CC(C)c1noc2ncc(C(=O)N[C@@H]3C[C@H]4C[C@H]3[C@H]3CCC[C@@H]43)cc12. The maximum absolute atomic E-state index is 12.8. The molecule has 1 amide bonds. The molecule has 3 saturated carbocycles. The van der Waals surface area contributed by atoms with Crippen LogP contribution >= 0.6 is 0 Å². The molecule has 3 aliphatic carbocycles. The smallest absolute Gasteiger partial charge is 0.257 e. The van der Waals surface area contributed by atoms with Gasteiger partial charge in [-0.15, -0.1) is 0 Å². The third kappa shape index (κ3) is 2.31. The van der Waals surface area contributed by atoms with Crippen molar-refractivity contribution in [1.29, 1.82) is 0 Å². The zero-order valence-electron chi connectivity index (χ0n) is 14.9. The molecule has 0 saturated heterocycles. The second-order valence-corrected chi connectivity index (χ2v) is 8.53.